The van der Waals surface area contributed by atoms with Crippen LogP contribution in [0, 0.1) is 17.6 Å². The average molecular weight is 346 g/mol. The summed E-state index contributed by atoms with van der Waals surface area (Å²) in [5.41, 5.74) is 0.729. The molecule has 2 aromatic rings. The Morgan fingerprint density at radius 2 is 1.77 bits per heavy atom. The molecule has 0 amide bonds. The van der Waals surface area contributed by atoms with Crippen LogP contribution in [0.1, 0.15) is 11.7 Å². The van der Waals surface area contributed by atoms with E-state index in [0.717, 1.165) is 18.7 Å². The second-order valence-electron chi connectivity index (χ2n) is 5.08. The first kappa shape index (κ1) is 17.0. The summed E-state index contributed by atoms with van der Waals surface area (Å²) in [4.78, 5) is 0. The van der Waals surface area contributed by atoms with E-state index in [4.69, 9.17) is 16.3 Å². The number of benzene rings is 2. The molecule has 1 fully saturated rings. The zero-order valence-corrected chi connectivity index (χ0v) is 13.1. The van der Waals surface area contributed by atoms with E-state index in [1.165, 1.54) is 24.3 Å². The van der Waals surface area contributed by atoms with Crippen molar-refractivity contribution in [3.63, 3.8) is 0 Å². The predicted molar refractivity (Wildman–Crippen MR) is 84.8 cm³/mol. The van der Waals surface area contributed by atoms with E-state index in [-0.39, 0.29) is 35.3 Å². The van der Waals surface area contributed by atoms with Gasteiger partial charge in [-0.1, -0.05) is 17.7 Å². The first-order valence-corrected chi connectivity index (χ1v) is 7.09. The van der Waals surface area contributed by atoms with Gasteiger partial charge in [0.15, 0.2) is 0 Å². The van der Waals surface area contributed by atoms with E-state index < -0.39 is 5.82 Å². The second kappa shape index (κ2) is 7.27. The second-order valence-corrected chi connectivity index (χ2v) is 5.49. The van der Waals surface area contributed by atoms with Crippen molar-refractivity contribution in [2.75, 3.05) is 13.1 Å². The Balaban J connectivity index is 0.00000176. The lowest BCUT2D eigenvalue weighted by atomic mass is 9.90. The molecular weight excluding hydrogens is 331 g/mol. The van der Waals surface area contributed by atoms with Crippen LogP contribution in [-0.4, -0.2) is 13.1 Å². The fourth-order valence-corrected chi connectivity index (χ4v) is 2.43. The zero-order valence-electron chi connectivity index (χ0n) is 11.6. The van der Waals surface area contributed by atoms with Gasteiger partial charge in [-0.2, -0.15) is 0 Å². The van der Waals surface area contributed by atoms with Gasteiger partial charge in [0.1, 0.15) is 23.5 Å². The van der Waals surface area contributed by atoms with Gasteiger partial charge in [-0.05, 0) is 42.0 Å². The van der Waals surface area contributed by atoms with Crippen LogP contribution in [-0.2, 0) is 0 Å². The monoisotopic (exact) mass is 345 g/mol. The highest BCUT2D eigenvalue weighted by molar-refractivity contribution is 6.30. The number of hydrogen-bond donors (Lipinski definition) is 1. The minimum absolute atomic E-state index is 0. The lowest BCUT2D eigenvalue weighted by molar-refractivity contribution is 0.0989. The van der Waals surface area contributed by atoms with Crippen LogP contribution in [0.5, 0.6) is 5.75 Å². The first-order valence-electron chi connectivity index (χ1n) is 6.71. The van der Waals surface area contributed by atoms with Crippen molar-refractivity contribution in [3.8, 4) is 5.75 Å². The molecule has 2 nitrogen and oxygen atoms in total. The minimum atomic E-state index is -0.464. The largest absolute Gasteiger partial charge is 0.485 e. The van der Waals surface area contributed by atoms with Crippen LogP contribution in [0.2, 0.25) is 5.02 Å². The van der Waals surface area contributed by atoms with Crippen LogP contribution in [0.15, 0.2) is 42.5 Å². The molecular formula is C16H15Cl2F2NO. The highest BCUT2D eigenvalue weighted by Gasteiger charge is 2.30. The molecule has 1 atom stereocenters. The Morgan fingerprint density at radius 1 is 1.09 bits per heavy atom. The first-order chi connectivity index (χ1) is 10.1. The Kier molecular flexibility index (Phi) is 5.62. The molecule has 1 heterocycles. The van der Waals surface area contributed by atoms with E-state index in [9.17, 15) is 8.78 Å². The summed E-state index contributed by atoms with van der Waals surface area (Å²) < 4.78 is 32.6. The van der Waals surface area contributed by atoms with Gasteiger partial charge in [-0.25, -0.2) is 8.78 Å². The lowest BCUT2D eigenvalue weighted by Crippen LogP contribution is -2.46. The van der Waals surface area contributed by atoms with E-state index in [2.05, 4.69) is 5.32 Å². The molecule has 0 aromatic heterocycles. The Labute approximate surface area is 138 Å². The number of rotatable bonds is 4. The molecule has 6 heteroatoms. The molecule has 3 rings (SSSR count). The summed E-state index contributed by atoms with van der Waals surface area (Å²) >= 11 is 5.72. The van der Waals surface area contributed by atoms with Crippen LogP contribution >= 0.6 is 24.0 Å². The fourth-order valence-electron chi connectivity index (χ4n) is 2.31. The fraction of sp³-hybridized carbons (Fsp3) is 0.250. The van der Waals surface area contributed by atoms with Crippen LogP contribution < -0.4 is 10.1 Å². The molecule has 0 bridgehead atoms. The summed E-state index contributed by atoms with van der Waals surface area (Å²) in [5.74, 6) is 0.0233. The van der Waals surface area contributed by atoms with E-state index in [1.54, 1.807) is 18.2 Å². The highest BCUT2D eigenvalue weighted by atomic mass is 35.5. The lowest BCUT2D eigenvalue weighted by Gasteiger charge is -2.35. The van der Waals surface area contributed by atoms with Crippen LogP contribution in [0.4, 0.5) is 8.78 Å². The van der Waals surface area contributed by atoms with Gasteiger partial charge in [-0.3, -0.25) is 0 Å². The molecule has 2 aromatic carbocycles. The molecule has 118 valence electrons. The van der Waals surface area contributed by atoms with Crippen molar-refractivity contribution in [2.24, 2.45) is 5.92 Å². The van der Waals surface area contributed by atoms with Gasteiger partial charge < -0.3 is 10.1 Å². The highest BCUT2D eigenvalue weighted by Crippen LogP contribution is 2.32. The van der Waals surface area contributed by atoms with Gasteiger partial charge in [0, 0.05) is 19.0 Å². The topological polar surface area (TPSA) is 21.3 Å². The third-order valence-electron chi connectivity index (χ3n) is 3.59. The van der Waals surface area contributed by atoms with Gasteiger partial charge in [0.05, 0.1) is 5.02 Å². The summed E-state index contributed by atoms with van der Waals surface area (Å²) in [6.07, 6.45) is -0.288. The van der Waals surface area contributed by atoms with E-state index in [1.807, 2.05) is 0 Å². The molecule has 0 aliphatic carbocycles. The van der Waals surface area contributed by atoms with Crippen molar-refractivity contribution in [1.29, 1.82) is 0 Å². The Hall–Kier alpha value is -1.36. The van der Waals surface area contributed by atoms with Gasteiger partial charge in [-0.15, -0.1) is 12.4 Å². The average Bonchev–Trinajstić information content (AvgIpc) is 2.41. The zero-order chi connectivity index (χ0) is 14.8. The van der Waals surface area contributed by atoms with Gasteiger partial charge in [0.2, 0.25) is 0 Å². The minimum Gasteiger partial charge on any atom is -0.485 e. The van der Waals surface area contributed by atoms with Gasteiger partial charge >= 0.3 is 0 Å². The maximum absolute atomic E-state index is 13.7. The van der Waals surface area contributed by atoms with Crippen molar-refractivity contribution in [2.45, 2.75) is 6.10 Å². The molecule has 0 spiro atoms. The number of halogens is 4. The van der Waals surface area contributed by atoms with Crippen molar-refractivity contribution in [1.82, 2.24) is 5.32 Å². The third kappa shape index (κ3) is 3.69. The SMILES string of the molecule is Cl.Fc1ccc(O[C@H](c2ccc(Cl)c(F)c2)C2CNC2)cc1. The maximum Gasteiger partial charge on any atom is 0.142 e. The quantitative estimate of drug-likeness (QED) is 0.887. The summed E-state index contributed by atoms with van der Waals surface area (Å²) in [5, 5.41) is 3.26. The maximum atomic E-state index is 13.7. The van der Waals surface area contributed by atoms with Gasteiger partial charge in [0.25, 0.3) is 0 Å². The van der Waals surface area contributed by atoms with E-state index >= 15 is 0 Å². The van der Waals surface area contributed by atoms with Crippen molar-refractivity contribution in [3.05, 3.63) is 64.7 Å². The van der Waals surface area contributed by atoms with Crippen LogP contribution in [0.25, 0.3) is 0 Å². The van der Waals surface area contributed by atoms with Crippen molar-refractivity contribution < 1.29 is 13.5 Å². The smallest absolute Gasteiger partial charge is 0.142 e. The molecule has 22 heavy (non-hydrogen) atoms. The predicted octanol–water partition coefficient (Wildman–Crippen LogP) is 4.38. The Bertz CT molecular complexity index is 633. The summed E-state index contributed by atoms with van der Waals surface area (Å²) in [6, 6.07) is 10.5. The molecule has 1 aliphatic heterocycles. The molecule has 1 saturated heterocycles. The number of ether oxygens (including phenoxy) is 1. The third-order valence-corrected chi connectivity index (χ3v) is 3.90. The van der Waals surface area contributed by atoms with Crippen molar-refractivity contribution >= 4 is 24.0 Å². The normalized spacial score (nSPS) is 15.6. The summed E-state index contributed by atoms with van der Waals surface area (Å²) in [6.45, 7) is 1.60. The number of hydrogen-bond acceptors (Lipinski definition) is 2. The standard InChI is InChI=1S/C16H14ClF2NO.ClH/c17-14-6-1-10(7-15(14)19)16(11-8-20-9-11)21-13-4-2-12(18)3-5-13;/h1-7,11,16,20H,8-9H2;1H/t16-;/m1./s1. The summed E-state index contributed by atoms with van der Waals surface area (Å²) in [7, 11) is 0. The Morgan fingerprint density at radius 3 is 2.32 bits per heavy atom. The molecule has 1 aliphatic rings. The molecule has 0 saturated carbocycles. The molecule has 0 radical (unpaired) electrons. The number of nitrogens with one attached hydrogen (secondary N) is 1. The van der Waals surface area contributed by atoms with Crippen LogP contribution in [0.3, 0.4) is 0 Å². The molecule has 0 unspecified atom stereocenters. The molecule has 1 N–H and O–H groups in total. The van der Waals surface area contributed by atoms with E-state index in [0.29, 0.717) is 5.75 Å².